The van der Waals surface area contributed by atoms with Crippen molar-refractivity contribution < 1.29 is 33.3 Å². The first kappa shape index (κ1) is 23.1. The molecule has 0 spiro atoms. The van der Waals surface area contributed by atoms with Crippen molar-refractivity contribution in [2.45, 2.75) is 39.2 Å². The molecule has 2 aromatic carbocycles. The Morgan fingerprint density at radius 3 is 2.55 bits per heavy atom. The van der Waals surface area contributed by atoms with Crippen molar-refractivity contribution in [2.75, 3.05) is 34.0 Å². The average molecular weight is 455 g/mol. The predicted octanol–water partition coefficient (Wildman–Crippen LogP) is 4.24. The number of benzene rings is 2. The fourth-order valence-electron chi connectivity index (χ4n) is 4.12. The van der Waals surface area contributed by atoms with Gasteiger partial charge in [0.1, 0.15) is 12.7 Å². The number of Topliss-reactive ketones (excluding diaryl/α,β-unsaturated/α-hetero) is 1. The van der Waals surface area contributed by atoms with E-state index in [4.69, 9.17) is 23.7 Å². The highest BCUT2D eigenvalue weighted by atomic mass is 16.6. The van der Waals surface area contributed by atoms with Crippen LogP contribution in [0.2, 0.25) is 0 Å². The minimum Gasteiger partial charge on any atom is -0.493 e. The Kier molecular flexibility index (Phi) is 6.61. The van der Waals surface area contributed by atoms with Crippen LogP contribution >= 0.6 is 0 Å². The molecule has 0 N–H and O–H groups in total. The van der Waals surface area contributed by atoms with Gasteiger partial charge in [-0.2, -0.15) is 0 Å². The summed E-state index contributed by atoms with van der Waals surface area (Å²) in [6.07, 6.45) is 1.76. The second kappa shape index (κ2) is 9.43. The molecule has 0 unspecified atom stereocenters. The summed E-state index contributed by atoms with van der Waals surface area (Å²) in [5, 5.41) is 0. The van der Waals surface area contributed by atoms with Crippen LogP contribution in [0.15, 0.2) is 30.3 Å². The molecule has 7 nitrogen and oxygen atoms in total. The standard InChI is InChI=1S/C26H30O7/c1-26(2,25(28)33-18-11-12-31-14-18)15-32-23-20(8-10-22(29-3)24(23)30-4)17-5-7-19-16(13-17)6-9-21(19)27/h5,7-8,10,13,18H,6,9,11-12,14-15H2,1-4H3/t18-/m0/s1. The van der Waals surface area contributed by atoms with E-state index in [2.05, 4.69) is 0 Å². The van der Waals surface area contributed by atoms with Gasteiger partial charge in [0.2, 0.25) is 5.75 Å². The first-order valence-corrected chi connectivity index (χ1v) is 11.2. The zero-order valence-corrected chi connectivity index (χ0v) is 19.6. The lowest BCUT2D eigenvalue weighted by atomic mass is 9.94. The number of fused-ring (bicyclic) bond motifs is 1. The number of hydrogen-bond acceptors (Lipinski definition) is 7. The first-order chi connectivity index (χ1) is 15.8. The van der Waals surface area contributed by atoms with Gasteiger partial charge in [0.05, 0.1) is 32.8 Å². The fraction of sp³-hybridized carbons (Fsp3) is 0.462. The maximum atomic E-state index is 12.8. The second-order valence-electron chi connectivity index (χ2n) is 9.04. The van der Waals surface area contributed by atoms with E-state index in [1.54, 1.807) is 28.1 Å². The molecule has 1 atom stereocenters. The summed E-state index contributed by atoms with van der Waals surface area (Å²) in [6.45, 7) is 4.69. The normalized spacial score (nSPS) is 17.6. The van der Waals surface area contributed by atoms with E-state index in [0.717, 1.165) is 28.7 Å². The first-order valence-electron chi connectivity index (χ1n) is 11.2. The van der Waals surface area contributed by atoms with Gasteiger partial charge in [0, 0.05) is 24.0 Å². The van der Waals surface area contributed by atoms with Crippen LogP contribution in [-0.4, -0.2) is 51.9 Å². The van der Waals surface area contributed by atoms with Crippen LogP contribution in [0.5, 0.6) is 17.2 Å². The number of carbonyl (C=O) groups excluding carboxylic acids is 2. The van der Waals surface area contributed by atoms with Crippen LogP contribution in [0, 0.1) is 5.41 Å². The van der Waals surface area contributed by atoms with E-state index >= 15 is 0 Å². The highest BCUT2D eigenvalue weighted by Gasteiger charge is 2.34. The van der Waals surface area contributed by atoms with E-state index in [-0.39, 0.29) is 24.5 Å². The lowest BCUT2D eigenvalue weighted by molar-refractivity contribution is -0.161. The van der Waals surface area contributed by atoms with Gasteiger partial charge < -0.3 is 23.7 Å². The number of esters is 1. The third kappa shape index (κ3) is 4.69. The van der Waals surface area contributed by atoms with Crippen molar-refractivity contribution in [1.29, 1.82) is 0 Å². The third-order valence-corrected chi connectivity index (χ3v) is 6.13. The molecule has 1 heterocycles. The van der Waals surface area contributed by atoms with E-state index in [1.165, 1.54) is 0 Å². The number of methoxy groups -OCH3 is 2. The molecular formula is C26H30O7. The second-order valence-corrected chi connectivity index (χ2v) is 9.04. The minimum absolute atomic E-state index is 0.0827. The fourth-order valence-corrected chi connectivity index (χ4v) is 4.12. The van der Waals surface area contributed by atoms with Crippen LogP contribution in [0.25, 0.3) is 11.1 Å². The van der Waals surface area contributed by atoms with E-state index < -0.39 is 5.41 Å². The zero-order chi connectivity index (χ0) is 23.6. The largest absolute Gasteiger partial charge is 0.493 e. The molecule has 2 aliphatic rings. The zero-order valence-electron chi connectivity index (χ0n) is 19.6. The van der Waals surface area contributed by atoms with Gasteiger partial charge in [-0.1, -0.05) is 18.2 Å². The number of ether oxygens (including phenoxy) is 5. The highest BCUT2D eigenvalue weighted by Crippen LogP contribution is 2.45. The van der Waals surface area contributed by atoms with Gasteiger partial charge in [-0.15, -0.1) is 0 Å². The Balaban J connectivity index is 1.63. The Morgan fingerprint density at radius 1 is 1.06 bits per heavy atom. The summed E-state index contributed by atoms with van der Waals surface area (Å²) in [5.74, 6) is 1.29. The van der Waals surface area contributed by atoms with Crippen LogP contribution in [0.1, 0.15) is 42.6 Å². The quantitative estimate of drug-likeness (QED) is 0.552. The van der Waals surface area contributed by atoms with Gasteiger partial charge in [-0.25, -0.2) is 0 Å². The summed E-state index contributed by atoms with van der Waals surface area (Å²) in [7, 11) is 3.11. The average Bonchev–Trinajstić information content (AvgIpc) is 3.46. The summed E-state index contributed by atoms with van der Waals surface area (Å²) in [5.41, 5.74) is 2.62. The van der Waals surface area contributed by atoms with Gasteiger partial charge in [0.15, 0.2) is 17.3 Å². The monoisotopic (exact) mass is 454 g/mol. The molecule has 0 amide bonds. The summed E-state index contributed by atoms with van der Waals surface area (Å²) in [4.78, 5) is 24.8. The molecule has 0 saturated carbocycles. The molecule has 1 fully saturated rings. The number of ketones is 1. The maximum absolute atomic E-state index is 12.8. The Bertz CT molecular complexity index is 1050. The molecule has 1 aliphatic carbocycles. The van der Waals surface area contributed by atoms with Crippen LogP contribution in [0.4, 0.5) is 0 Å². The molecule has 33 heavy (non-hydrogen) atoms. The molecule has 4 rings (SSSR count). The molecule has 7 heteroatoms. The van der Waals surface area contributed by atoms with Crippen molar-refractivity contribution >= 4 is 11.8 Å². The number of carbonyl (C=O) groups is 2. The van der Waals surface area contributed by atoms with Gasteiger partial charge in [-0.3, -0.25) is 9.59 Å². The Labute approximate surface area is 193 Å². The van der Waals surface area contributed by atoms with E-state index in [1.807, 2.05) is 30.3 Å². The lowest BCUT2D eigenvalue weighted by Crippen LogP contribution is -2.35. The van der Waals surface area contributed by atoms with E-state index in [0.29, 0.717) is 43.3 Å². The lowest BCUT2D eigenvalue weighted by Gasteiger charge is -2.26. The molecule has 176 valence electrons. The third-order valence-electron chi connectivity index (χ3n) is 6.13. The Hall–Kier alpha value is -3.06. The van der Waals surface area contributed by atoms with E-state index in [9.17, 15) is 9.59 Å². The molecule has 1 saturated heterocycles. The maximum Gasteiger partial charge on any atom is 0.315 e. The SMILES string of the molecule is COc1ccc(-c2ccc3c(c2)CCC3=O)c(OCC(C)(C)C(=O)O[C@H]2CCOC2)c1OC. The summed E-state index contributed by atoms with van der Waals surface area (Å²) in [6, 6.07) is 9.52. The Morgan fingerprint density at radius 2 is 1.85 bits per heavy atom. The molecule has 0 radical (unpaired) electrons. The summed E-state index contributed by atoms with van der Waals surface area (Å²) < 4.78 is 28.3. The topological polar surface area (TPSA) is 80.3 Å². The van der Waals surface area contributed by atoms with Crippen LogP contribution in [0.3, 0.4) is 0 Å². The van der Waals surface area contributed by atoms with Gasteiger partial charge in [-0.05, 0) is 43.5 Å². The number of rotatable bonds is 8. The van der Waals surface area contributed by atoms with Crippen molar-refractivity contribution in [3.8, 4) is 28.4 Å². The minimum atomic E-state index is -0.891. The summed E-state index contributed by atoms with van der Waals surface area (Å²) >= 11 is 0. The van der Waals surface area contributed by atoms with Crippen molar-refractivity contribution in [1.82, 2.24) is 0 Å². The molecule has 1 aliphatic heterocycles. The van der Waals surface area contributed by atoms with Gasteiger partial charge in [0.25, 0.3) is 0 Å². The van der Waals surface area contributed by atoms with Crippen LogP contribution in [-0.2, 0) is 20.7 Å². The van der Waals surface area contributed by atoms with Crippen molar-refractivity contribution in [3.05, 3.63) is 41.5 Å². The predicted molar refractivity (Wildman–Crippen MR) is 122 cm³/mol. The van der Waals surface area contributed by atoms with Crippen molar-refractivity contribution in [3.63, 3.8) is 0 Å². The highest BCUT2D eigenvalue weighted by molar-refractivity contribution is 6.01. The number of hydrogen-bond donors (Lipinski definition) is 0. The van der Waals surface area contributed by atoms with Gasteiger partial charge >= 0.3 is 5.97 Å². The van der Waals surface area contributed by atoms with Crippen molar-refractivity contribution in [2.24, 2.45) is 5.41 Å². The molecule has 2 aromatic rings. The molecule has 0 bridgehead atoms. The molecular weight excluding hydrogens is 424 g/mol. The smallest absolute Gasteiger partial charge is 0.315 e. The number of aryl methyl sites for hydroxylation is 1. The molecule has 0 aromatic heterocycles. The van der Waals surface area contributed by atoms with Crippen LogP contribution < -0.4 is 14.2 Å².